The van der Waals surface area contributed by atoms with Crippen molar-refractivity contribution in [2.75, 3.05) is 17.7 Å². The second-order valence-corrected chi connectivity index (χ2v) is 6.50. The third-order valence-corrected chi connectivity index (χ3v) is 4.82. The van der Waals surface area contributed by atoms with E-state index in [0.29, 0.717) is 31.0 Å². The van der Waals surface area contributed by atoms with Gasteiger partial charge < -0.3 is 10.6 Å². The van der Waals surface area contributed by atoms with Gasteiger partial charge in [-0.3, -0.25) is 4.79 Å². The largest absolute Gasteiger partial charge is 0.372 e. The molecule has 0 aliphatic carbocycles. The minimum absolute atomic E-state index is 0.272. The normalized spacial score (nSPS) is 10.3. The Morgan fingerprint density at radius 2 is 1.95 bits per heavy atom. The van der Waals surface area contributed by atoms with Gasteiger partial charge in [-0.05, 0) is 50.1 Å². The summed E-state index contributed by atoms with van der Waals surface area (Å²) >= 11 is 18.7. The van der Waals surface area contributed by atoms with Gasteiger partial charge in [0.25, 0.3) is 5.91 Å². The van der Waals surface area contributed by atoms with Crippen molar-refractivity contribution < 1.29 is 4.79 Å². The summed E-state index contributed by atoms with van der Waals surface area (Å²) in [6.07, 6.45) is 1.60. The highest BCUT2D eigenvalue weighted by molar-refractivity contribution is 9.10. The van der Waals surface area contributed by atoms with E-state index in [-0.39, 0.29) is 10.9 Å². The number of nitrogens with zero attached hydrogens (tertiary/aromatic N) is 1. The smallest absolute Gasteiger partial charge is 0.259 e. The number of hydrogen-bond donors (Lipinski definition) is 2. The first-order chi connectivity index (χ1) is 9.93. The van der Waals surface area contributed by atoms with Crippen LogP contribution in [-0.4, -0.2) is 17.9 Å². The molecule has 110 valence electrons. The van der Waals surface area contributed by atoms with E-state index in [4.69, 9.17) is 23.2 Å². The number of rotatable bonds is 3. The second kappa shape index (κ2) is 6.96. The highest BCUT2D eigenvalue weighted by atomic mass is 79.9. The van der Waals surface area contributed by atoms with Crippen molar-refractivity contribution in [3.63, 3.8) is 0 Å². The zero-order valence-corrected chi connectivity index (χ0v) is 15.4. The summed E-state index contributed by atoms with van der Waals surface area (Å²) in [6, 6.07) is 5.05. The summed E-state index contributed by atoms with van der Waals surface area (Å²) in [6.45, 7) is 0. The molecule has 1 aromatic carbocycles. The molecule has 0 spiro atoms. The molecule has 1 heterocycles. The van der Waals surface area contributed by atoms with Crippen LogP contribution in [0.15, 0.2) is 33.3 Å². The zero-order chi connectivity index (χ0) is 15.6. The van der Waals surface area contributed by atoms with Gasteiger partial charge in [0.05, 0.1) is 21.3 Å². The molecule has 0 aliphatic rings. The fraction of sp³-hybridized carbons (Fsp3) is 0.0769. The van der Waals surface area contributed by atoms with Crippen molar-refractivity contribution in [2.24, 2.45) is 0 Å². The topological polar surface area (TPSA) is 54.0 Å². The van der Waals surface area contributed by atoms with Crippen LogP contribution in [0.5, 0.6) is 0 Å². The molecule has 0 fully saturated rings. The Labute approximate surface area is 148 Å². The third-order valence-electron chi connectivity index (χ3n) is 2.62. The van der Waals surface area contributed by atoms with E-state index in [1.165, 1.54) is 0 Å². The SMILES string of the molecule is CNc1ncc(Br)cc1C(=O)Nc1ccc(Br)c(Cl)c1Cl. The first-order valence-electron chi connectivity index (χ1n) is 5.72. The van der Waals surface area contributed by atoms with Gasteiger partial charge in [0.2, 0.25) is 0 Å². The average molecular weight is 454 g/mol. The van der Waals surface area contributed by atoms with Crippen LogP contribution < -0.4 is 10.6 Å². The Morgan fingerprint density at radius 3 is 2.62 bits per heavy atom. The standard InChI is InChI=1S/C13H9Br2Cl2N3O/c1-18-12-7(4-6(14)5-19-12)13(21)20-9-3-2-8(15)10(16)11(9)17/h2-5H,1H3,(H,18,19)(H,20,21). The molecule has 8 heteroatoms. The van der Waals surface area contributed by atoms with Crippen molar-refractivity contribution >= 4 is 72.5 Å². The first-order valence-corrected chi connectivity index (χ1v) is 8.06. The summed E-state index contributed by atoms with van der Waals surface area (Å²) in [5.41, 5.74) is 0.818. The van der Waals surface area contributed by atoms with Gasteiger partial charge in [0.15, 0.2) is 0 Å². The minimum Gasteiger partial charge on any atom is -0.372 e. The fourth-order valence-electron chi connectivity index (χ4n) is 1.62. The maximum absolute atomic E-state index is 12.4. The molecular formula is C13H9Br2Cl2N3O. The lowest BCUT2D eigenvalue weighted by Gasteiger charge is -2.11. The van der Waals surface area contributed by atoms with E-state index in [1.807, 2.05) is 0 Å². The van der Waals surface area contributed by atoms with E-state index < -0.39 is 0 Å². The molecule has 4 nitrogen and oxygen atoms in total. The monoisotopic (exact) mass is 451 g/mol. The predicted molar refractivity (Wildman–Crippen MR) is 93.6 cm³/mol. The molecule has 21 heavy (non-hydrogen) atoms. The summed E-state index contributed by atoms with van der Waals surface area (Å²) in [4.78, 5) is 16.5. The number of amides is 1. The molecule has 0 saturated carbocycles. The highest BCUT2D eigenvalue weighted by Crippen LogP contribution is 2.36. The van der Waals surface area contributed by atoms with Crippen LogP contribution in [0.2, 0.25) is 10.0 Å². The molecular weight excluding hydrogens is 445 g/mol. The van der Waals surface area contributed by atoms with Gasteiger partial charge in [-0.25, -0.2) is 4.98 Å². The number of nitrogens with one attached hydrogen (secondary N) is 2. The lowest BCUT2D eigenvalue weighted by molar-refractivity contribution is 0.102. The zero-order valence-electron chi connectivity index (χ0n) is 10.7. The van der Waals surface area contributed by atoms with Crippen molar-refractivity contribution in [1.29, 1.82) is 0 Å². The Kier molecular flexibility index (Phi) is 5.48. The molecule has 1 amide bonds. The summed E-state index contributed by atoms with van der Waals surface area (Å²) in [7, 11) is 1.69. The molecule has 0 radical (unpaired) electrons. The van der Waals surface area contributed by atoms with E-state index >= 15 is 0 Å². The molecule has 0 unspecified atom stereocenters. The van der Waals surface area contributed by atoms with Crippen LogP contribution in [0.4, 0.5) is 11.5 Å². The molecule has 2 rings (SSSR count). The number of anilines is 2. The molecule has 0 bridgehead atoms. The van der Waals surface area contributed by atoms with Gasteiger partial charge in [-0.2, -0.15) is 0 Å². The average Bonchev–Trinajstić information content (AvgIpc) is 2.47. The maximum Gasteiger partial charge on any atom is 0.259 e. The second-order valence-electron chi connectivity index (χ2n) is 3.98. The Balaban J connectivity index is 2.35. The van der Waals surface area contributed by atoms with Crippen molar-refractivity contribution in [3.05, 3.63) is 49.0 Å². The van der Waals surface area contributed by atoms with E-state index in [0.717, 1.165) is 0 Å². The Morgan fingerprint density at radius 1 is 1.24 bits per heavy atom. The number of aromatic nitrogens is 1. The molecule has 2 N–H and O–H groups in total. The minimum atomic E-state index is -0.339. The molecule has 0 aliphatic heterocycles. The summed E-state index contributed by atoms with van der Waals surface area (Å²) < 4.78 is 1.36. The predicted octanol–water partition coefficient (Wildman–Crippen LogP) is 5.21. The number of benzene rings is 1. The quantitative estimate of drug-likeness (QED) is 0.627. The first kappa shape index (κ1) is 16.5. The number of pyridine rings is 1. The highest BCUT2D eigenvalue weighted by Gasteiger charge is 2.16. The van der Waals surface area contributed by atoms with Crippen LogP contribution >= 0.6 is 55.1 Å². The number of carbonyl (C=O) groups is 1. The summed E-state index contributed by atoms with van der Waals surface area (Å²) in [5, 5.41) is 6.20. The van der Waals surface area contributed by atoms with Gasteiger partial charge in [-0.15, -0.1) is 0 Å². The molecule has 1 aromatic heterocycles. The Bertz CT molecular complexity index is 710. The molecule has 2 aromatic rings. The van der Waals surface area contributed by atoms with Crippen LogP contribution in [-0.2, 0) is 0 Å². The number of carbonyl (C=O) groups excluding carboxylic acids is 1. The van der Waals surface area contributed by atoms with E-state index in [1.54, 1.807) is 31.4 Å². The fourth-order valence-corrected chi connectivity index (χ4v) is 2.78. The van der Waals surface area contributed by atoms with Crippen LogP contribution in [0.25, 0.3) is 0 Å². The van der Waals surface area contributed by atoms with Gasteiger partial charge in [-0.1, -0.05) is 23.2 Å². The van der Waals surface area contributed by atoms with Gasteiger partial charge >= 0.3 is 0 Å². The van der Waals surface area contributed by atoms with E-state index in [2.05, 4.69) is 47.5 Å². The number of halogens is 4. The van der Waals surface area contributed by atoms with Gasteiger partial charge in [0.1, 0.15) is 5.82 Å². The molecule has 0 saturated heterocycles. The Hall–Kier alpha value is -0.820. The third kappa shape index (κ3) is 3.69. The molecule has 0 atom stereocenters. The lowest BCUT2D eigenvalue weighted by Crippen LogP contribution is -2.15. The van der Waals surface area contributed by atoms with Gasteiger partial charge in [0, 0.05) is 22.2 Å². The summed E-state index contributed by atoms with van der Waals surface area (Å²) in [5.74, 6) is 0.128. The van der Waals surface area contributed by atoms with Crippen LogP contribution in [0.1, 0.15) is 10.4 Å². The van der Waals surface area contributed by atoms with Crippen molar-refractivity contribution in [2.45, 2.75) is 0 Å². The lowest BCUT2D eigenvalue weighted by atomic mass is 10.2. The van der Waals surface area contributed by atoms with E-state index in [9.17, 15) is 4.79 Å². The van der Waals surface area contributed by atoms with Crippen LogP contribution in [0, 0.1) is 0 Å². The number of hydrogen-bond acceptors (Lipinski definition) is 3. The maximum atomic E-state index is 12.4. The van der Waals surface area contributed by atoms with Crippen molar-refractivity contribution in [3.8, 4) is 0 Å². The van der Waals surface area contributed by atoms with Crippen molar-refractivity contribution in [1.82, 2.24) is 4.98 Å². The van der Waals surface area contributed by atoms with Crippen LogP contribution in [0.3, 0.4) is 0 Å².